The number of aromatic amines is 1. The molecular formula is C10H18FN2O14P3. The van der Waals surface area contributed by atoms with Gasteiger partial charge in [-0.2, -0.15) is 8.62 Å². The van der Waals surface area contributed by atoms with Gasteiger partial charge in [0, 0.05) is 12.3 Å². The molecule has 20 heteroatoms. The number of hydrogen-bond donors (Lipinski definition) is 6. The highest BCUT2D eigenvalue weighted by molar-refractivity contribution is 7.66. The van der Waals surface area contributed by atoms with E-state index in [2.05, 4.69) is 13.1 Å². The fourth-order valence-corrected chi connectivity index (χ4v) is 4.81. The highest BCUT2D eigenvalue weighted by atomic mass is 31.3. The number of ether oxygens (including phenoxy) is 1. The Morgan fingerprint density at radius 2 is 1.70 bits per heavy atom. The van der Waals surface area contributed by atoms with E-state index in [4.69, 9.17) is 19.4 Å². The molecule has 5 atom stereocenters. The molecule has 1 aromatic rings. The second-order valence-electron chi connectivity index (χ2n) is 5.56. The van der Waals surface area contributed by atoms with Gasteiger partial charge in [-0.3, -0.25) is 18.9 Å². The van der Waals surface area contributed by atoms with E-state index in [9.17, 15) is 37.7 Å². The molecule has 0 amide bonds. The number of aliphatic hydroxyl groups excluding tert-OH is 1. The zero-order valence-corrected chi connectivity index (χ0v) is 17.8. The molecule has 1 heterocycles. The van der Waals surface area contributed by atoms with Gasteiger partial charge < -0.3 is 29.4 Å². The van der Waals surface area contributed by atoms with Crippen LogP contribution in [0.5, 0.6) is 0 Å². The number of H-pyrrole nitrogens is 1. The molecule has 0 bridgehead atoms. The number of hydrogen-bond acceptors (Lipinski definition) is 10. The summed E-state index contributed by atoms with van der Waals surface area (Å²) in [5, 5.41) is 9.59. The van der Waals surface area contributed by atoms with Gasteiger partial charge in [0.2, 0.25) is 0 Å². The van der Waals surface area contributed by atoms with Crippen LogP contribution in [0.4, 0.5) is 4.39 Å². The number of alkyl halides is 1. The standard InChI is InChI=1S/C10H18FN2O14P3/c1-6(14)10(11,25-7(2)13-4-3-8(15)12-9(13)16)5-24-29(20,21)27-30(22,23)26-28(17,18)19/h3-4,6-7,14H,5H2,1-2H3,(H,20,21)(H,22,23)(H,12,15,16)(H2,17,18,19)/t6-,7+,10+/m0/s1. The van der Waals surface area contributed by atoms with Gasteiger partial charge in [-0.05, 0) is 13.8 Å². The molecule has 0 spiro atoms. The van der Waals surface area contributed by atoms with Crippen LogP contribution >= 0.6 is 23.5 Å². The summed E-state index contributed by atoms with van der Waals surface area (Å²) < 4.78 is 64.9. The molecule has 0 fully saturated rings. The van der Waals surface area contributed by atoms with Crippen molar-refractivity contribution in [3.05, 3.63) is 33.1 Å². The predicted molar refractivity (Wildman–Crippen MR) is 92.5 cm³/mol. The zero-order valence-electron chi connectivity index (χ0n) is 15.1. The van der Waals surface area contributed by atoms with Crippen molar-refractivity contribution in [1.29, 1.82) is 0 Å². The lowest BCUT2D eigenvalue weighted by atomic mass is 10.2. The Morgan fingerprint density at radius 3 is 2.17 bits per heavy atom. The number of phosphoric ester groups is 1. The van der Waals surface area contributed by atoms with Crippen molar-refractivity contribution in [2.24, 2.45) is 0 Å². The van der Waals surface area contributed by atoms with Crippen molar-refractivity contribution in [3.8, 4) is 0 Å². The highest BCUT2D eigenvalue weighted by Gasteiger charge is 2.45. The number of nitrogens with one attached hydrogen (secondary N) is 1. The van der Waals surface area contributed by atoms with E-state index < -0.39 is 59.5 Å². The maximum atomic E-state index is 14.9. The monoisotopic (exact) mass is 502 g/mol. The molecule has 0 aliphatic rings. The van der Waals surface area contributed by atoms with Gasteiger partial charge in [-0.25, -0.2) is 22.9 Å². The van der Waals surface area contributed by atoms with Crippen molar-refractivity contribution in [2.75, 3.05) is 6.61 Å². The second kappa shape index (κ2) is 9.61. The van der Waals surface area contributed by atoms with Gasteiger partial charge in [0.05, 0.1) is 0 Å². The van der Waals surface area contributed by atoms with Crippen LogP contribution in [-0.4, -0.2) is 52.8 Å². The van der Waals surface area contributed by atoms with Crippen molar-refractivity contribution in [1.82, 2.24) is 9.55 Å². The Morgan fingerprint density at radius 1 is 1.13 bits per heavy atom. The lowest BCUT2D eigenvalue weighted by Crippen LogP contribution is -2.46. The van der Waals surface area contributed by atoms with Crippen LogP contribution in [-0.2, 0) is 31.6 Å². The summed E-state index contributed by atoms with van der Waals surface area (Å²) in [6.07, 6.45) is -2.67. The minimum Gasteiger partial charge on any atom is -0.387 e. The van der Waals surface area contributed by atoms with Crippen LogP contribution in [0, 0.1) is 0 Å². The largest absolute Gasteiger partial charge is 0.490 e. The second-order valence-corrected chi connectivity index (χ2v) is 9.98. The van der Waals surface area contributed by atoms with E-state index in [-0.39, 0.29) is 0 Å². The van der Waals surface area contributed by atoms with Crippen LogP contribution in [0.1, 0.15) is 20.1 Å². The Balaban J connectivity index is 2.95. The van der Waals surface area contributed by atoms with Crippen molar-refractivity contribution >= 4 is 23.5 Å². The van der Waals surface area contributed by atoms with E-state index in [0.29, 0.717) is 4.57 Å². The van der Waals surface area contributed by atoms with E-state index in [0.717, 1.165) is 26.1 Å². The van der Waals surface area contributed by atoms with Crippen molar-refractivity contribution < 1.29 is 60.6 Å². The van der Waals surface area contributed by atoms with Gasteiger partial charge in [-0.15, -0.1) is 0 Å². The zero-order chi connectivity index (χ0) is 23.5. The molecule has 0 radical (unpaired) electrons. The van der Waals surface area contributed by atoms with Gasteiger partial charge in [0.15, 0.2) is 0 Å². The molecule has 0 saturated carbocycles. The third kappa shape index (κ3) is 8.59. The van der Waals surface area contributed by atoms with Crippen molar-refractivity contribution in [3.63, 3.8) is 0 Å². The molecule has 0 aliphatic heterocycles. The molecule has 1 rings (SSSR count). The molecule has 174 valence electrons. The molecular weight excluding hydrogens is 484 g/mol. The highest BCUT2D eigenvalue weighted by Crippen LogP contribution is 2.66. The number of halogens is 1. The summed E-state index contributed by atoms with van der Waals surface area (Å²) in [5.74, 6) is -3.32. The summed E-state index contributed by atoms with van der Waals surface area (Å²) in [4.78, 5) is 59.9. The summed E-state index contributed by atoms with van der Waals surface area (Å²) in [7, 11) is -17.2. The number of rotatable bonds is 11. The maximum absolute atomic E-state index is 14.9. The molecule has 1 aromatic heterocycles. The number of nitrogens with zero attached hydrogens (tertiary/aromatic N) is 1. The average molecular weight is 502 g/mol. The lowest BCUT2D eigenvalue weighted by Gasteiger charge is -2.31. The topological polar surface area (TPSA) is 244 Å². The minimum absolute atomic E-state index is 0.683. The minimum atomic E-state index is -5.83. The Hall–Kier alpha value is -1.06. The average Bonchev–Trinajstić information content (AvgIpc) is 2.49. The Labute approximate surface area is 166 Å². The van der Waals surface area contributed by atoms with Gasteiger partial charge in [0.25, 0.3) is 11.4 Å². The van der Waals surface area contributed by atoms with Crippen LogP contribution in [0.3, 0.4) is 0 Å². The third-order valence-corrected chi connectivity index (χ3v) is 6.86. The molecule has 0 aliphatic carbocycles. The van der Waals surface area contributed by atoms with Crippen LogP contribution in [0.25, 0.3) is 0 Å². The number of phosphoric acid groups is 3. The first-order chi connectivity index (χ1) is 13.4. The molecule has 30 heavy (non-hydrogen) atoms. The molecule has 0 saturated heterocycles. The summed E-state index contributed by atoms with van der Waals surface area (Å²) in [5.41, 5.74) is -1.78. The first-order valence-corrected chi connectivity index (χ1v) is 12.0. The van der Waals surface area contributed by atoms with E-state index in [1.165, 1.54) is 0 Å². The van der Waals surface area contributed by atoms with Crippen LogP contribution in [0.15, 0.2) is 21.9 Å². The fraction of sp³-hybridized carbons (Fsp3) is 0.600. The van der Waals surface area contributed by atoms with Gasteiger partial charge in [-0.1, -0.05) is 0 Å². The first kappa shape index (κ1) is 27.0. The summed E-state index contributed by atoms with van der Waals surface area (Å²) in [6.45, 7) is 0.292. The number of aliphatic hydroxyl groups is 1. The normalized spacial score (nSPS) is 20.5. The predicted octanol–water partition coefficient (Wildman–Crippen LogP) is -0.538. The molecule has 0 aromatic carbocycles. The van der Waals surface area contributed by atoms with Crippen LogP contribution in [0.2, 0.25) is 0 Å². The van der Waals surface area contributed by atoms with Gasteiger partial charge >= 0.3 is 29.2 Å². The van der Waals surface area contributed by atoms with E-state index in [1.54, 1.807) is 0 Å². The van der Waals surface area contributed by atoms with E-state index in [1.807, 2.05) is 4.98 Å². The van der Waals surface area contributed by atoms with Gasteiger partial charge in [0.1, 0.15) is 18.9 Å². The summed E-state index contributed by atoms with van der Waals surface area (Å²) >= 11 is 0. The third-order valence-electron chi connectivity index (χ3n) is 3.07. The first-order valence-electron chi connectivity index (χ1n) is 7.50. The van der Waals surface area contributed by atoms with Crippen LogP contribution < -0.4 is 11.2 Å². The Kier molecular flexibility index (Phi) is 8.64. The molecule has 2 unspecified atom stereocenters. The van der Waals surface area contributed by atoms with Crippen molar-refractivity contribution in [2.45, 2.75) is 32.0 Å². The molecule has 6 N–H and O–H groups in total. The fourth-order valence-electron chi connectivity index (χ4n) is 1.78. The lowest BCUT2D eigenvalue weighted by molar-refractivity contribution is -0.255. The SMILES string of the molecule is C[C@H](O)[C@@](F)(COP(=O)(O)OP(=O)(O)OP(=O)(O)O)O[C@H](C)n1ccc(=O)[nH]c1=O. The smallest absolute Gasteiger partial charge is 0.387 e. The Bertz CT molecular complexity index is 1000. The maximum Gasteiger partial charge on any atom is 0.490 e. The summed E-state index contributed by atoms with van der Waals surface area (Å²) in [6, 6.07) is 0.898. The quantitative estimate of drug-likeness (QED) is 0.208. The van der Waals surface area contributed by atoms with E-state index >= 15 is 0 Å². The molecule has 16 nitrogen and oxygen atoms in total. The number of aromatic nitrogens is 2.